The van der Waals surface area contributed by atoms with Gasteiger partial charge < -0.3 is 9.80 Å². The van der Waals surface area contributed by atoms with Gasteiger partial charge in [0.1, 0.15) is 5.82 Å². The minimum atomic E-state index is -4.41. The molecule has 27 heavy (non-hydrogen) atoms. The molecule has 1 amide bonds. The molecule has 1 aliphatic heterocycles. The highest BCUT2D eigenvalue weighted by atomic mass is 19.4. The van der Waals surface area contributed by atoms with Crippen molar-refractivity contribution in [3.63, 3.8) is 0 Å². The van der Waals surface area contributed by atoms with E-state index in [9.17, 15) is 26.7 Å². The fourth-order valence-corrected chi connectivity index (χ4v) is 3.71. The Morgan fingerprint density at radius 3 is 2.48 bits per heavy atom. The average molecular weight is 391 g/mol. The number of amides is 1. The maximum absolute atomic E-state index is 12.9. The Morgan fingerprint density at radius 2 is 1.93 bits per heavy atom. The molecule has 1 aromatic rings. The van der Waals surface area contributed by atoms with Crippen molar-refractivity contribution in [3.8, 4) is 0 Å². The van der Waals surface area contributed by atoms with Gasteiger partial charge in [0, 0.05) is 51.6 Å². The predicted molar refractivity (Wildman–Crippen MR) is 89.5 cm³/mol. The first-order valence-electron chi connectivity index (χ1n) is 8.96. The molecule has 0 aromatic carbocycles. The summed E-state index contributed by atoms with van der Waals surface area (Å²) in [4.78, 5) is 19.5. The summed E-state index contributed by atoms with van der Waals surface area (Å²) < 4.78 is 64.3. The molecular weight excluding hydrogens is 369 g/mol. The quantitative estimate of drug-likeness (QED) is 0.733. The Hall–Kier alpha value is -1.93. The van der Waals surface area contributed by atoms with Gasteiger partial charge in [-0.15, -0.1) is 0 Å². The summed E-state index contributed by atoms with van der Waals surface area (Å²) in [6.07, 6.45) is -2.62. The van der Waals surface area contributed by atoms with Gasteiger partial charge in [-0.05, 0) is 30.9 Å². The number of carbonyl (C=O) groups is 1. The Morgan fingerprint density at radius 1 is 1.30 bits per heavy atom. The lowest BCUT2D eigenvalue weighted by molar-refractivity contribution is -0.160. The van der Waals surface area contributed by atoms with E-state index >= 15 is 0 Å². The summed E-state index contributed by atoms with van der Waals surface area (Å²) >= 11 is 0. The predicted octanol–water partition coefficient (Wildman–Crippen LogP) is 3.82. The van der Waals surface area contributed by atoms with E-state index in [2.05, 4.69) is 4.98 Å². The van der Waals surface area contributed by atoms with Crippen LogP contribution in [0.2, 0.25) is 0 Å². The molecule has 1 aliphatic carbocycles. The third-order valence-electron chi connectivity index (χ3n) is 5.36. The van der Waals surface area contributed by atoms with Gasteiger partial charge in [-0.2, -0.15) is 13.2 Å². The number of likely N-dealkylation sites (tertiary alicyclic amines) is 1. The third kappa shape index (κ3) is 4.68. The van der Waals surface area contributed by atoms with Gasteiger partial charge in [-0.25, -0.2) is 13.8 Å². The number of anilines is 1. The Labute approximate surface area is 154 Å². The second kappa shape index (κ2) is 7.24. The van der Waals surface area contributed by atoms with Crippen LogP contribution in [0, 0.1) is 11.8 Å². The molecule has 0 bridgehead atoms. The Kier molecular flexibility index (Phi) is 5.31. The van der Waals surface area contributed by atoms with Crippen LogP contribution in [0.15, 0.2) is 18.3 Å². The number of nitrogens with zero attached hydrogens (tertiary/aromatic N) is 3. The number of hydrogen-bond acceptors (Lipinski definition) is 3. The van der Waals surface area contributed by atoms with E-state index in [1.54, 1.807) is 16.8 Å². The normalized spacial score (nSPS) is 21.0. The molecule has 0 spiro atoms. The lowest BCUT2D eigenvalue weighted by Crippen LogP contribution is -2.49. The largest absolute Gasteiger partial charge is 0.416 e. The molecule has 2 fully saturated rings. The first-order valence-corrected chi connectivity index (χ1v) is 8.96. The van der Waals surface area contributed by atoms with Crippen LogP contribution < -0.4 is 4.90 Å². The maximum Gasteiger partial charge on any atom is 0.416 e. The molecule has 1 aromatic heterocycles. The molecule has 1 saturated carbocycles. The Bertz CT molecular complexity index is 678. The third-order valence-corrected chi connectivity index (χ3v) is 5.36. The minimum Gasteiger partial charge on any atom is -0.359 e. The summed E-state index contributed by atoms with van der Waals surface area (Å²) in [5.74, 6) is -3.03. The van der Waals surface area contributed by atoms with Gasteiger partial charge in [0.15, 0.2) is 0 Å². The lowest BCUT2D eigenvalue weighted by Gasteiger charge is -2.40. The van der Waals surface area contributed by atoms with Crippen molar-refractivity contribution in [3.05, 3.63) is 23.9 Å². The number of halogens is 5. The number of rotatable bonds is 4. The fourth-order valence-electron chi connectivity index (χ4n) is 3.71. The molecule has 3 rings (SSSR count). The highest BCUT2D eigenvalue weighted by Crippen LogP contribution is 2.43. The molecule has 0 radical (unpaired) electrons. The van der Waals surface area contributed by atoms with Gasteiger partial charge in [0.05, 0.1) is 5.56 Å². The lowest BCUT2D eigenvalue weighted by atomic mass is 9.80. The van der Waals surface area contributed by atoms with Crippen LogP contribution in [-0.2, 0) is 11.0 Å². The van der Waals surface area contributed by atoms with Crippen LogP contribution >= 0.6 is 0 Å². The molecule has 9 heteroatoms. The molecule has 2 aliphatic rings. The molecule has 1 saturated heterocycles. The molecule has 150 valence electrons. The molecule has 0 atom stereocenters. The van der Waals surface area contributed by atoms with Crippen molar-refractivity contribution in [1.82, 2.24) is 9.88 Å². The SMILES string of the molecule is CN(CC1CCN(C(=O)C2CC(F)(F)C2)CC1)c1cc(C(F)(F)F)ccn1. The summed E-state index contributed by atoms with van der Waals surface area (Å²) in [6, 6.07) is 1.96. The molecule has 2 heterocycles. The average Bonchev–Trinajstić information content (AvgIpc) is 2.59. The number of alkyl halides is 5. The minimum absolute atomic E-state index is 0.202. The smallest absolute Gasteiger partial charge is 0.359 e. The fraction of sp³-hybridized carbons (Fsp3) is 0.667. The van der Waals surface area contributed by atoms with Crippen molar-refractivity contribution in [2.45, 2.75) is 37.8 Å². The van der Waals surface area contributed by atoms with Crippen LogP contribution in [0.4, 0.5) is 27.8 Å². The first-order chi connectivity index (χ1) is 12.5. The topological polar surface area (TPSA) is 36.4 Å². The zero-order valence-electron chi connectivity index (χ0n) is 15.0. The molecule has 0 N–H and O–H groups in total. The zero-order valence-corrected chi connectivity index (χ0v) is 15.0. The van der Waals surface area contributed by atoms with Gasteiger partial charge in [-0.3, -0.25) is 4.79 Å². The van der Waals surface area contributed by atoms with Crippen molar-refractivity contribution in [2.24, 2.45) is 11.8 Å². The number of aromatic nitrogens is 1. The molecular formula is C18H22F5N3O. The summed E-state index contributed by atoms with van der Waals surface area (Å²) in [5, 5.41) is 0. The monoisotopic (exact) mass is 391 g/mol. The van der Waals surface area contributed by atoms with E-state index in [4.69, 9.17) is 0 Å². The zero-order chi connectivity index (χ0) is 19.8. The van der Waals surface area contributed by atoms with E-state index < -0.39 is 23.6 Å². The standard InChI is InChI=1S/C18H22F5N3O/c1-25(15-8-14(2-5-24-15)18(21,22)23)11-12-3-6-26(7-4-12)16(27)13-9-17(19,20)10-13/h2,5,8,12-13H,3-4,6-7,9-11H2,1H3. The molecule has 4 nitrogen and oxygen atoms in total. The highest BCUT2D eigenvalue weighted by molar-refractivity contribution is 5.80. The van der Waals surface area contributed by atoms with Gasteiger partial charge in [0.25, 0.3) is 0 Å². The van der Waals surface area contributed by atoms with E-state index in [0.29, 0.717) is 32.5 Å². The van der Waals surface area contributed by atoms with Gasteiger partial charge in [-0.1, -0.05) is 0 Å². The number of piperidine rings is 1. The van der Waals surface area contributed by atoms with E-state index in [0.717, 1.165) is 18.3 Å². The first kappa shape index (κ1) is 19.8. The van der Waals surface area contributed by atoms with Crippen LogP contribution in [0.25, 0.3) is 0 Å². The van der Waals surface area contributed by atoms with E-state index in [1.165, 1.54) is 0 Å². The van der Waals surface area contributed by atoms with Crippen LogP contribution in [0.1, 0.15) is 31.2 Å². The van der Waals surface area contributed by atoms with E-state index in [-0.39, 0.29) is 30.5 Å². The van der Waals surface area contributed by atoms with Gasteiger partial charge in [0.2, 0.25) is 11.8 Å². The van der Waals surface area contributed by atoms with Crippen molar-refractivity contribution >= 4 is 11.7 Å². The van der Waals surface area contributed by atoms with Crippen molar-refractivity contribution < 1.29 is 26.7 Å². The highest BCUT2D eigenvalue weighted by Gasteiger charge is 2.50. The summed E-state index contributed by atoms with van der Waals surface area (Å²) in [5.41, 5.74) is -0.739. The summed E-state index contributed by atoms with van der Waals surface area (Å²) in [6.45, 7) is 1.52. The maximum atomic E-state index is 12.9. The van der Waals surface area contributed by atoms with E-state index in [1.807, 2.05) is 0 Å². The second-order valence-electron chi connectivity index (χ2n) is 7.51. The Balaban J connectivity index is 1.50. The number of pyridine rings is 1. The number of hydrogen-bond donors (Lipinski definition) is 0. The van der Waals surface area contributed by atoms with Crippen LogP contribution in [0.5, 0.6) is 0 Å². The second-order valence-corrected chi connectivity index (χ2v) is 7.51. The van der Waals surface area contributed by atoms with Crippen molar-refractivity contribution in [2.75, 3.05) is 31.6 Å². The number of carbonyl (C=O) groups excluding carboxylic acids is 1. The van der Waals surface area contributed by atoms with Gasteiger partial charge >= 0.3 is 6.18 Å². The molecule has 0 unspecified atom stereocenters. The summed E-state index contributed by atoms with van der Waals surface area (Å²) in [7, 11) is 1.69. The van der Waals surface area contributed by atoms with Crippen LogP contribution in [-0.4, -0.2) is 48.4 Å². The van der Waals surface area contributed by atoms with Crippen LogP contribution in [0.3, 0.4) is 0 Å². The van der Waals surface area contributed by atoms with Crippen molar-refractivity contribution in [1.29, 1.82) is 0 Å².